The fourth-order valence-electron chi connectivity index (χ4n) is 0. The van der Waals surface area contributed by atoms with Crippen molar-refractivity contribution in [1.29, 1.82) is 0 Å². The van der Waals surface area contributed by atoms with Crippen LogP contribution in [-0.2, 0) is 4.46 Å². The van der Waals surface area contributed by atoms with Crippen LogP contribution in [0.15, 0.2) is 0 Å². The van der Waals surface area contributed by atoms with Gasteiger partial charge in [0.2, 0.25) is 0 Å². The zero-order valence-electron chi connectivity index (χ0n) is 9.15. The second-order valence-electron chi connectivity index (χ2n) is 0.253. The van der Waals surface area contributed by atoms with Gasteiger partial charge in [-0.3, -0.25) is 4.46 Å². The van der Waals surface area contributed by atoms with E-state index in [1.54, 1.807) is 0 Å². The zero-order chi connectivity index (χ0) is 3.58. The summed E-state index contributed by atoms with van der Waals surface area (Å²) in [6.07, 6.45) is 0. The van der Waals surface area contributed by atoms with Gasteiger partial charge >= 0.3 is 107 Å². The molecule has 0 unspecified atom stereocenters. The van der Waals surface area contributed by atoms with Crippen LogP contribution in [0.4, 0.5) is 4.11 Å². The van der Waals surface area contributed by atoms with Gasteiger partial charge in [0, 0.05) is 0 Å². The first-order valence-corrected chi connectivity index (χ1v) is 1.85. The van der Waals surface area contributed by atoms with Gasteiger partial charge < -0.3 is 11.9 Å². The third-order valence-corrected chi connectivity index (χ3v) is 0. The molecule has 7 heteroatoms. The summed E-state index contributed by atoms with van der Waals surface area (Å²) >= 11 is 0. The van der Waals surface area contributed by atoms with Crippen LogP contribution in [0.1, 0.15) is 7.13 Å². The molecule has 0 aliphatic heterocycles. The average molecular weight is 173 g/mol. The summed E-state index contributed by atoms with van der Waals surface area (Å²) in [4.78, 5) is 6.94. The van der Waals surface area contributed by atoms with E-state index in [9.17, 15) is 4.11 Å². The van der Waals surface area contributed by atoms with E-state index in [4.69, 9.17) is 9.26 Å². The SMILES string of the molecule is O=[Si](O)F.[H-].[H-].[H-].[H-].[H-].[K+].[Mg+2].[Mg+2]. The smallest absolute Gasteiger partial charge is 1.00 e. The van der Waals surface area contributed by atoms with Crippen LogP contribution in [0.2, 0.25) is 0 Å². The van der Waals surface area contributed by atoms with Crippen molar-refractivity contribution in [3.8, 4) is 0 Å². The van der Waals surface area contributed by atoms with E-state index in [2.05, 4.69) is 0 Å². The molecule has 0 amide bonds. The molecule has 0 spiro atoms. The van der Waals surface area contributed by atoms with E-state index in [1.165, 1.54) is 0 Å². The Morgan fingerprint density at radius 3 is 1.57 bits per heavy atom. The topological polar surface area (TPSA) is 37.3 Å². The molecule has 0 radical (unpaired) electrons. The molecule has 34 valence electrons. The van der Waals surface area contributed by atoms with Gasteiger partial charge in [-0.25, -0.2) is 0 Å². The van der Waals surface area contributed by atoms with Gasteiger partial charge in [0.15, 0.2) is 0 Å². The van der Waals surface area contributed by atoms with Crippen LogP contribution in [0.25, 0.3) is 0 Å². The van der Waals surface area contributed by atoms with Gasteiger partial charge in [0.25, 0.3) is 0 Å². The second-order valence-corrected chi connectivity index (χ2v) is 0.759. The van der Waals surface area contributed by atoms with Crippen molar-refractivity contribution < 1.29 is 71.9 Å². The molecule has 0 rings (SSSR count). The Morgan fingerprint density at radius 2 is 1.57 bits per heavy atom. The Hall–Kier alpha value is 2.92. The van der Waals surface area contributed by atoms with Crippen molar-refractivity contribution in [2.24, 2.45) is 0 Å². The van der Waals surface area contributed by atoms with E-state index in [0.29, 0.717) is 0 Å². The molecular formula is H6FKMg2O2Si. The summed E-state index contributed by atoms with van der Waals surface area (Å²) in [6, 6.07) is 0. The predicted molar refractivity (Wildman–Crippen MR) is 26.8 cm³/mol. The van der Waals surface area contributed by atoms with Crippen molar-refractivity contribution in [3.05, 3.63) is 0 Å². The molecule has 1 N–H and O–H groups in total. The molecule has 0 bridgehead atoms. The van der Waals surface area contributed by atoms with Gasteiger partial charge in [0.1, 0.15) is 0 Å². The van der Waals surface area contributed by atoms with E-state index in [-0.39, 0.29) is 105 Å². The Labute approximate surface area is 125 Å². The molecule has 2 nitrogen and oxygen atoms in total. The quantitative estimate of drug-likeness (QED) is 0.301. The Kier molecular flexibility index (Phi) is 51.4. The molecule has 0 saturated heterocycles. The molecular weight excluding hydrogens is 167 g/mol. The Morgan fingerprint density at radius 1 is 1.57 bits per heavy atom. The molecule has 0 aliphatic rings. The maximum absolute atomic E-state index is 10.1. The minimum absolute atomic E-state index is 0. The Balaban J connectivity index is -0.00000000161. The molecule has 0 aliphatic carbocycles. The van der Waals surface area contributed by atoms with E-state index >= 15 is 0 Å². The molecule has 0 aromatic heterocycles. The first-order chi connectivity index (χ1) is 1.73. The zero-order valence-corrected chi connectivity index (χ0v) is 11.1. The number of hydrogen-bond acceptors (Lipinski definition) is 1. The fourth-order valence-corrected chi connectivity index (χ4v) is 0. The summed E-state index contributed by atoms with van der Waals surface area (Å²) in [6.45, 7) is 0. The first kappa shape index (κ1) is 22.5. The van der Waals surface area contributed by atoms with Crippen LogP contribution in [0.3, 0.4) is 0 Å². The molecule has 0 aromatic rings. The van der Waals surface area contributed by atoms with Crippen LogP contribution in [0.5, 0.6) is 0 Å². The summed E-state index contributed by atoms with van der Waals surface area (Å²) < 4.78 is 18.6. The molecule has 0 atom stereocenters. The Bertz CT molecular complexity index is 50.4. The third-order valence-electron chi connectivity index (χ3n) is 0. The van der Waals surface area contributed by atoms with Crippen molar-refractivity contribution in [2.45, 2.75) is 0 Å². The third kappa shape index (κ3) is 50.2. The minimum Gasteiger partial charge on any atom is -1.00 e. The first-order valence-electron chi connectivity index (χ1n) is 0.617. The second kappa shape index (κ2) is 16.0. The normalized spacial score (nSPS) is 3.57. The van der Waals surface area contributed by atoms with Crippen molar-refractivity contribution in [2.75, 3.05) is 0 Å². The van der Waals surface area contributed by atoms with Gasteiger partial charge in [-0.05, 0) is 0 Å². The van der Waals surface area contributed by atoms with Gasteiger partial charge in [-0.2, -0.15) is 4.11 Å². The van der Waals surface area contributed by atoms with Gasteiger partial charge in [-0.15, -0.1) is 0 Å². The predicted octanol–water partition coefficient (Wildman–Crippen LogP) is -3.83. The van der Waals surface area contributed by atoms with E-state index in [0.717, 1.165) is 0 Å². The summed E-state index contributed by atoms with van der Waals surface area (Å²) in [5.74, 6) is 0. The van der Waals surface area contributed by atoms with Crippen LogP contribution >= 0.6 is 0 Å². The monoisotopic (exact) mass is 172 g/mol. The molecule has 0 fully saturated rings. The molecule has 7 heavy (non-hydrogen) atoms. The number of halogens is 1. The maximum Gasteiger partial charge on any atom is 2.00 e. The largest absolute Gasteiger partial charge is 2.00 e. The average Bonchev–Trinajstić information content (AvgIpc) is 0.811. The number of hydrogen-bond donors (Lipinski definition) is 1. The van der Waals surface area contributed by atoms with Gasteiger partial charge in [-0.1, -0.05) is 0 Å². The van der Waals surface area contributed by atoms with Crippen molar-refractivity contribution >= 4 is 55.4 Å². The maximum atomic E-state index is 10.1. The summed E-state index contributed by atoms with van der Waals surface area (Å²) in [5, 5.41) is 0. The summed E-state index contributed by atoms with van der Waals surface area (Å²) in [5.41, 5.74) is 0. The molecule has 0 heterocycles. The summed E-state index contributed by atoms with van der Waals surface area (Å²) in [7, 11) is -3.63. The van der Waals surface area contributed by atoms with Crippen molar-refractivity contribution in [3.63, 3.8) is 0 Å². The fraction of sp³-hybridized carbons (Fsp3) is 0. The molecule has 0 saturated carbocycles. The van der Waals surface area contributed by atoms with Gasteiger partial charge in [0.05, 0.1) is 0 Å². The minimum atomic E-state index is -3.63. The van der Waals surface area contributed by atoms with Crippen LogP contribution in [0, 0.1) is 0 Å². The van der Waals surface area contributed by atoms with Crippen molar-refractivity contribution in [1.82, 2.24) is 0 Å². The van der Waals surface area contributed by atoms with Crippen LogP contribution in [-0.4, -0.2) is 60.2 Å². The standard InChI is InChI=1S/FHO2Si.K.2Mg.5H/c1-4(2)3;;;;;;;;/h2H;;;;;;;;/q;+1;2*+2;5*-1. The molecule has 0 aromatic carbocycles. The van der Waals surface area contributed by atoms with Crippen LogP contribution < -0.4 is 51.4 Å². The van der Waals surface area contributed by atoms with E-state index < -0.39 is 9.26 Å². The van der Waals surface area contributed by atoms with E-state index in [1.807, 2.05) is 0 Å². The number of rotatable bonds is 0.